The molecule has 2 aromatic rings. The smallest absolute Gasteiger partial charge is 0.251 e. The van der Waals surface area contributed by atoms with E-state index in [4.69, 9.17) is 0 Å². The van der Waals surface area contributed by atoms with Crippen LogP contribution in [-0.4, -0.2) is 46.1 Å². The van der Waals surface area contributed by atoms with E-state index in [1.807, 2.05) is 24.6 Å². The lowest BCUT2D eigenvalue weighted by atomic mass is 10.1. The van der Waals surface area contributed by atoms with Crippen molar-refractivity contribution in [1.82, 2.24) is 20.0 Å². The predicted molar refractivity (Wildman–Crippen MR) is 90.7 cm³/mol. The second-order valence-electron chi connectivity index (χ2n) is 6.34. The van der Waals surface area contributed by atoms with Crippen molar-refractivity contribution in [3.8, 4) is 0 Å². The molecule has 1 fully saturated rings. The number of rotatable bonds is 5. The van der Waals surface area contributed by atoms with E-state index in [0.29, 0.717) is 18.7 Å². The summed E-state index contributed by atoms with van der Waals surface area (Å²) in [7, 11) is 0. The molecular formula is C18H21FN4O2. The Balaban J connectivity index is 1.41. The van der Waals surface area contributed by atoms with Gasteiger partial charge in [-0.3, -0.25) is 14.3 Å². The van der Waals surface area contributed by atoms with Crippen LogP contribution >= 0.6 is 0 Å². The minimum Gasteiger partial charge on any atom is -0.352 e. The van der Waals surface area contributed by atoms with Crippen molar-refractivity contribution in [2.45, 2.75) is 26.3 Å². The molecule has 132 valence electrons. The summed E-state index contributed by atoms with van der Waals surface area (Å²) in [6, 6.07) is 7.56. The number of nitrogens with one attached hydrogen (secondary N) is 1. The summed E-state index contributed by atoms with van der Waals surface area (Å²) in [6.07, 6.45) is 0.247. The molecule has 1 aromatic carbocycles. The zero-order valence-corrected chi connectivity index (χ0v) is 14.3. The zero-order chi connectivity index (χ0) is 18.0. The summed E-state index contributed by atoms with van der Waals surface area (Å²) in [6.45, 7) is 5.51. The van der Waals surface area contributed by atoms with Crippen LogP contribution in [0.5, 0.6) is 0 Å². The van der Waals surface area contributed by atoms with E-state index in [9.17, 15) is 14.0 Å². The summed E-state index contributed by atoms with van der Waals surface area (Å²) >= 11 is 0. The van der Waals surface area contributed by atoms with Gasteiger partial charge in [0.05, 0.1) is 11.7 Å². The van der Waals surface area contributed by atoms with Crippen molar-refractivity contribution >= 4 is 11.8 Å². The van der Waals surface area contributed by atoms with E-state index in [1.54, 1.807) is 4.90 Å². The molecule has 0 saturated carbocycles. The van der Waals surface area contributed by atoms with Gasteiger partial charge in [-0.2, -0.15) is 5.10 Å². The molecule has 1 aliphatic rings. The number of hydrogen-bond acceptors (Lipinski definition) is 3. The first kappa shape index (κ1) is 17.1. The molecule has 2 amide bonds. The van der Waals surface area contributed by atoms with E-state index < -0.39 is 0 Å². The van der Waals surface area contributed by atoms with E-state index in [0.717, 1.165) is 11.4 Å². The third-order valence-electron chi connectivity index (χ3n) is 4.34. The van der Waals surface area contributed by atoms with Crippen LogP contribution in [0.4, 0.5) is 4.39 Å². The van der Waals surface area contributed by atoms with Gasteiger partial charge in [-0.1, -0.05) is 0 Å². The van der Waals surface area contributed by atoms with Crippen molar-refractivity contribution in [3.05, 3.63) is 53.1 Å². The lowest BCUT2D eigenvalue weighted by Crippen LogP contribution is -2.51. The molecule has 3 rings (SSSR count). The Morgan fingerprint density at radius 1 is 1.24 bits per heavy atom. The molecule has 0 unspecified atom stereocenters. The Morgan fingerprint density at radius 2 is 1.92 bits per heavy atom. The number of carbonyl (C=O) groups is 2. The Morgan fingerprint density at radius 3 is 2.52 bits per heavy atom. The molecule has 0 spiro atoms. The van der Waals surface area contributed by atoms with Gasteiger partial charge in [0.15, 0.2) is 0 Å². The van der Waals surface area contributed by atoms with Gasteiger partial charge in [0, 0.05) is 37.3 Å². The van der Waals surface area contributed by atoms with Crippen LogP contribution in [0.15, 0.2) is 30.3 Å². The maximum atomic E-state index is 12.8. The minimum absolute atomic E-state index is 0.0113. The SMILES string of the molecule is Cc1cc(C)n(C2CN(C(=O)CCNC(=O)c3ccc(F)cc3)C2)n1. The highest BCUT2D eigenvalue weighted by Gasteiger charge is 2.32. The van der Waals surface area contributed by atoms with Gasteiger partial charge >= 0.3 is 0 Å². The molecule has 0 radical (unpaired) electrons. The van der Waals surface area contributed by atoms with Crippen LogP contribution in [0.2, 0.25) is 0 Å². The van der Waals surface area contributed by atoms with Gasteiger partial charge in [0.25, 0.3) is 5.91 Å². The third-order valence-corrected chi connectivity index (χ3v) is 4.34. The van der Waals surface area contributed by atoms with E-state index in [2.05, 4.69) is 10.4 Å². The number of aromatic nitrogens is 2. The first-order valence-electron chi connectivity index (χ1n) is 8.28. The topological polar surface area (TPSA) is 67.2 Å². The van der Waals surface area contributed by atoms with E-state index >= 15 is 0 Å². The van der Waals surface area contributed by atoms with E-state index in [-0.39, 0.29) is 36.6 Å². The Labute approximate surface area is 145 Å². The number of hydrogen-bond donors (Lipinski definition) is 1. The Bertz CT molecular complexity index is 779. The van der Waals surface area contributed by atoms with Gasteiger partial charge in [-0.15, -0.1) is 0 Å². The highest BCUT2D eigenvalue weighted by atomic mass is 19.1. The lowest BCUT2D eigenvalue weighted by Gasteiger charge is -2.39. The molecule has 0 bridgehead atoms. The van der Waals surface area contributed by atoms with Crippen molar-refractivity contribution in [1.29, 1.82) is 0 Å². The standard InChI is InChI=1S/C18H21FN4O2/c1-12-9-13(2)23(21-12)16-10-22(11-16)17(24)7-8-20-18(25)14-3-5-15(19)6-4-14/h3-6,9,16H,7-8,10-11H2,1-2H3,(H,20,25). The molecule has 0 atom stereocenters. The number of benzene rings is 1. The number of nitrogens with zero attached hydrogens (tertiary/aromatic N) is 3. The molecule has 0 aliphatic carbocycles. The summed E-state index contributed by atoms with van der Waals surface area (Å²) < 4.78 is 14.8. The van der Waals surface area contributed by atoms with Crippen molar-refractivity contribution in [2.24, 2.45) is 0 Å². The molecule has 1 N–H and O–H groups in total. The summed E-state index contributed by atoms with van der Waals surface area (Å²) in [4.78, 5) is 25.8. The minimum atomic E-state index is -0.387. The Kier molecular flexibility index (Phi) is 4.83. The fourth-order valence-electron chi connectivity index (χ4n) is 2.97. The van der Waals surface area contributed by atoms with Crippen LogP contribution < -0.4 is 5.32 Å². The fraction of sp³-hybridized carbons (Fsp3) is 0.389. The quantitative estimate of drug-likeness (QED) is 0.900. The van der Waals surface area contributed by atoms with Crippen LogP contribution in [0.1, 0.15) is 34.2 Å². The predicted octanol–water partition coefficient (Wildman–Crippen LogP) is 1.84. The zero-order valence-electron chi connectivity index (χ0n) is 14.3. The first-order chi connectivity index (χ1) is 11.9. The van der Waals surface area contributed by atoms with Gasteiger partial charge < -0.3 is 10.2 Å². The number of aryl methyl sites for hydroxylation is 2. The van der Waals surface area contributed by atoms with Crippen molar-refractivity contribution in [3.63, 3.8) is 0 Å². The first-order valence-corrected chi connectivity index (χ1v) is 8.28. The van der Waals surface area contributed by atoms with Gasteiger partial charge in [0.2, 0.25) is 5.91 Å². The average molecular weight is 344 g/mol. The van der Waals surface area contributed by atoms with Crippen molar-refractivity contribution < 1.29 is 14.0 Å². The maximum absolute atomic E-state index is 12.8. The summed E-state index contributed by atoms with van der Waals surface area (Å²) in [5.74, 6) is -0.684. The molecule has 1 aromatic heterocycles. The number of amides is 2. The molecule has 25 heavy (non-hydrogen) atoms. The van der Waals surface area contributed by atoms with Gasteiger partial charge in [0.1, 0.15) is 5.82 Å². The van der Waals surface area contributed by atoms with Gasteiger partial charge in [-0.05, 0) is 44.2 Å². The maximum Gasteiger partial charge on any atom is 0.251 e. The fourth-order valence-corrected chi connectivity index (χ4v) is 2.97. The molecular weight excluding hydrogens is 323 g/mol. The second kappa shape index (κ2) is 7.04. The highest BCUT2D eigenvalue weighted by Crippen LogP contribution is 2.23. The largest absolute Gasteiger partial charge is 0.352 e. The number of likely N-dealkylation sites (tertiary alicyclic amines) is 1. The summed E-state index contributed by atoms with van der Waals surface area (Å²) in [5, 5.41) is 7.13. The number of halogens is 1. The molecule has 6 nitrogen and oxygen atoms in total. The van der Waals surface area contributed by atoms with Crippen molar-refractivity contribution in [2.75, 3.05) is 19.6 Å². The van der Waals surface area contributed by atoms with Crippen LogP contribution in [0, 0.1) is 19.7 Å². The molecule has 2 heterocycles. The molecule has 7 heteroatoms. The second-order valence-corrected chi connectivity index (χ2v) is 6.34. The monoisotopic (exact) mass is 344 g/mol. The average Bonchev–Trinajstić information content (AvgIpc) is 2.85. The van der Waals surface area contributed by atoms with E-state index in [1.165, 1.54) is 24.3 Å². The highest BCUT2D eigenvalue weighted by molar-refractivity contribution is 5.94. The molecule has 1 aliphatic heterocycles. The van der Waals surface area contributed by atoms with Crippen LogP contribution in [0.25, 0.3) is 0 Å². The molecule has 1 saturated heterocycles. The van der Waals surface area contributed by atoms with Crippen LogP contribution in [-0.2, 0) is 4.79 Å². The van der Waals surface area contributed by atoms with Gasteiger partial charge in [-0.25, -0.2) is 4.39 Å². The summed E-state index contributed by atoms with van der Waals surface area (Å²) in [5.41, 5.74) is 2.45. The lowest BCUT2D eigenvalue weighted by molar-refractivity contribution is -0.137. The third kappa shape index (κ3) is 3.87. The van der Waals surface area contributed by atoms with Crippen LogP contribution in [0.3, 0.4) is 0 Å². The Hall–Kier alpha value is -2.70. The number of carbonyl (C=O) groups excluding carboxylic acids is 2. The normalized spacial score (nSPS) is 14.3.